The Labute approximate surface area is 212 Å². The number of oxazole rings is 1. The molecule has 0 saturated heterocycles. The van der Waals surface area contributed by atoms with Gasteiger partial charge in [0.1, 0.15) is 11.3 Å². The lowest BCUT2D eigenvalue weighted by atomic mass is 10.1. The molecule has 0 saturated carbocycles. The van der Waals surface area contributed by atoms with Gasteiger partial charge in [-0.1, -0.05) is 29.3 Å². The van der Waals surface area contributed by atoms with E-state index in [-0.39, 0.29) is 5.11 Å². The predicted molar refractivity (Wildman–Crippen MR) is 140 cm³/mol. The number of carbonyl (C=O) groups is 1. The van der Waals surface area contributed by atoms with Crippen molar-refractivity contribution in [1.82, 2.24) is 10.3 Å². The van der Waals surface area contributed by atoms with Gasteiger partial charge in [0.05, 0.1) is 5.02 Å². The molecule has 34 heavy (non-hydrogen) atoms. The number of benzene rings is 3. The Morgan fingerprint density at radius 1 is 1.09 bits per heavy atom. The maximum absolute atomic E-state index is 12.5. The van der Waals surface area contributed by atoms with Crippen LogP contribution in [0.4, 0.5) is 5.69 Å². The molecule has 6 nitrogen and oxygen atoms in total. The van der Waals surface area contributed by atoms with Crippen molar-refractivity contribution in [2.24, 2.45) is 0 Å². The van der Waals surface area contributed by atoms with E-state index in [1.54, 1.807) is 25.1 Å². The first-order valence-corrected chi connectivity index (χ1v) is 11.6. The van der Waals surface area contributed by atoms with Crippen molar-refractivity contribution in [3.8, 4) is 17.2 Å². The second-order valence-corrected chi connectivity index (χ2v) is 9.03. The van der Waals surface area contributed by atoms with Gasteiger partial charge in [0.25, 0.3) is 5.91 Å². The number of amides is 1. The lowest BCUT2D eigenvalue weighted by Crippen LogP contribution is -2.42. The number of thiocarbonyl (C=S) groups is 1. The number of nitrogens with one attached hydrogen (secondary N) is 2. The minimum Gasteiger partial charge on any atom is -0.479 e. The van der Waals surface area contributed by atoms with Gasteiger partial charge in [0.2, 0.25) is 5.89 Å². The van der Waals surface area contributed by atoms with Gasteiger partial charge in [0, 0.05) is 16.3 Å². The minimum atomic E-state index is -0.837. The lowest BCUT2D eigenvalue weighted by Gasteiger charge is -2.16. The molecule has 3 aromatic carbocycles. The first-order valence-electron chi connectivity index (χ1n) is 10.4. The number of aryl methyl sites for hydroxylation is 2. The molecule has 2 N–H and O–H groups in total. The second-order valence-electron chi connectivity index (χ2n) is 7.78. The predicted octanol–water partition coefficient (Wildman–Crippen LogP) is 6.70. The summed E-state index contributed by atoms with van der Waals surface area (Å²) in [6, 6.07) is 16.2. The lowest BCUT2D eigenvalue weighted by molar-refractivity contribution is -0.125. The van der Waals surface area contributed by atoms with Gasteiger partial charge in [-0.3, -0.25) is 10.1 Å². The topological polar surface area (TPSA) is 76.4 Å². The first kappa shape index (κ1) is 24.0. The summed E-state index contributed by atoms with van der Waals surface area (Å²) in [5, 5.41) is 6.54. The number of rotatable bonds is 5. The molecule has 1 amide bonds. The van der Waals surface area contributed by atoms with Gasteiger partial charge in [-0.25, -0.2) is 4.98 Å². The van der Waals surface area contributed by atoms with Crippen LogP contribution in [0.15, 0.2) is 59.0 Å². The summed E-state index contributed by atoms with van der Waals surface area (Å²) >= 11 is 17.3. The molecule has 4 rings (SSSR count). The van der Waals surface area contributed by atoms with E-state index in [1.165, 1.54) is 0 Å². The fourth-order valence-corrected chi connectivity index (χ4v) is 3.90. The van der Waals surface area contributed by atoms with E-state index >= 15 is 0 Å². The Morgan fingerprint density at radius 2 is 1.85 bits per heavy atom. The molecule has 174 valence electrons. The van der Waals surface area contributed by atoms with Crippen LogP contribution in [-0.2, 0) is 4.79 Å². The maximum atomic E-state index is 12.5. The number of anilines is 1. The summed E-state index contributed by atoms with van der Waals surface area (Å²) in [7, 11) is 0. The van der Waals surface area contributed by atoms with E-state index in [9.17, 15) is 4.79 Å². The highest BCUT2D eigenvalue weighted by Gasteiger charge is 2.18. The third kappa shape index (κ3) is 5.50. The molecule has 0 aliphatic carbocycles. The molecule has 0 spiro atoms. The molecule has 1 unspecified atom stereocenters. The number of ether oxygens (including phenoxy) is 1. The SMILES string of the molecule is Cc1cc2nc(-c3cccc(NC(=S)NC(=O)C(C)Oc4ccc(Cl)cc4Cl)c3)oc2cc1C. The molecular formula is C25H21Cl2N3O3S. The zero-order valence-electron chi connectivity index (χ0n) is 18.6. The maximum Gasteiger partial charge on any atom is 0.266 e. The quantitative estimate of drug-likeness (QED) is 0.289. The van der Waals surface area contributed by atoms with Crippen molar-refractivity contribution < 1.29 is 13.9 Å². The van der Waals surface area contributed by atoms with Crippen molar-refractivity contribution in [3.63, 3.8) is 0 Å². The largest absolute Gasteiger partial charge is 0.479 e. The highest BCUT2D eigenvalue weighted by Crippen LogP contribution is 2.29. The first-order chi connectivity index (χ1) is 16.2. The number of hydrogen-bond donors (Lipinski definition) is 2. The number of fused-ring (bicyclic) bond motifs is 1. The van der Waals surface area contributed by atoms with Crippen molar-refractivity contribution in [3.05, 3.63) is 75.8 Å². The summed E-state index contributed by atoms with van der Waals surface area (Å²) < 4.78 is 11.6. The summed E-state index contributed by atoms with van der Waals surface area (Å²) in [5.74, 6) is 0.425. The van der Waals surface area contributed by atoms with Crippen LogP contribution in [0.25, 0.3) is 22.6 Å². The van der Waals surface area contributed by atoms with Crippen LogP contribution in [0.3, 0.4) is 0 Å². The molecule has 0 radical (unpaired) electrons. The van der Waals surface area contributed by atoms with Crippen LogP contribution in [0.1, 0.15) is 18.1 Å². The molecule has 1 atom stereocenters. The molecule has 0 aliphatic rings. The van der Waals surface area contributed by atoms with E-state index in [4.69, 9.17) is 44.6 Å². The van der Waals surface area contributed by atoms with Crippen LogP contribution in [0.2, 0.25) is 10.0 Å². The highest BCUT2D eigenvalue weighted by molar-refractivity contribution is 7.80. The van der Waals surface area contributed by atoms with Crippen LogP contribution < -0.4 is 15.4 Å². The van der Waals surface area contributed by atoms with Crippen molar-refractivity contribution in [2.75, 3.05) is 5.32 Å². The Kier molecular flexibility index (Phi) is 7.07. The number of hydrogen-bond acceptors (Lipinski definition) is 5. The Hall–Kier alpha value is -3.13. The Morgan fingerprint density at radius 3 is 2.62 bits per heavy atom. The number of aromatic nitrogens is 1. The van der Waals surface area contributed by atoms with Crippen molar-refractivity contribution >= 4 is 63.2 Å². The van der Waals surface area contributed by atoms with Crippen molar-refractivity contribution in [1.29, 1.82) is 0 Å². The number of nitrogens with zero attached hydrogens (tertiary/aromatic N) is 1. The van der Waals surface area contributed by atoms with E-state index in [0.29, 0.717) is 27.4 Å². The smallest absolute Gasteiger partial charge is 0.266 e. The van der Waals surface area contributed by atoms with Gasteiger partial charge in [-0.05, 0) is 92.6 Å². The average molecular weight is 514 g/mol. The zero-order chi connectivity index (χ0) is 24.4. The molecule has 0 aliphatic heterocycles. The van der Waals surface area contributed by atoms with Gasteiger partial charge in [-0.2, -0.15) is 0 Å². The standard InChI is InChI=1S/C25H21Cl2N3O3S/c1-13-9-20-22(10-14(13)2)33-24(29-20)16-5-4-6-18(11-16)28-25(34)30-23(31)15(3)32-21-8-7-17(26)12-19(21)27/h4-12,15H,1-3H3,(H2,28,30,31,34). The minimum absolute atomic E-state index is 0.128. The van der Waals surface area contributed by atoms with Crippen LogP contribution in [-0.4, -0.2) is 22.1 Å². The summed E-state index contributed by atoms with van der Waals surface area (Å²) in [5.41, 5.74) is 5.28. The van der Waals surface area contributed by atoms with Crippen LogP contribution in [0, 0.1) is 13.8 Å². The third-order valence-electron chi connectivity index (χ3n) is 5.17. The fraction of sp³-hybridized carbons (Fsp3) is 0.160. The Balaban J connectivity index is 1.41. The molecule has 1 heterocycles. The highest BCUT2D eigenvalue weighted by atomic mass is 35.5. The zero-order valence-corrected chi connectivity index (χ0v) is 20.9. The molecule has 0 fully saturated rings. The van der Waals surface area contributed by atoms with E-state index in [1.807, 2.05) is 50.2 Å². The summed E-state index contributed by atoms with van der Waals surface area (Å²) in [6.07, 6.45) is -0.837. The molecule has 9 heteroatoms. The molecule has 1 aromatic heterocycles. The molecule has 0 bridgehead atoms. The van der Waals surface area contributed by atoms with Gasteiger partial charge in [-0.15, -0.1) is 0 Å². The average Bonchev–Trinajstić information content (AvgIpc) is 3.18. The second kappa shape index (κ2) is 10.0. The van der Waals surface area contributed by atoms with Gasteiger partial charge in [0.15, 0.2) is 16.8 Å². The van der Waals surface area contributed by atoms with E-state index < -0.39 is 12.0 Å². The fourth-order valence-electron chi connectivity index (χ4n) is 3.22. The van der Waals surface area contributed by atoms with E-state index in [2.05, 4.69) is 15.6 Å². The Bertz CT molecular complexity index is 1360. The summed E-state index contributed by atoms with van der Waals surface area (Å²) in [4.78, 5) is 17.1. The van der Waals surface area contributed by atoms with Crippen LogP contribution in [0.5, 0.6) is 5.75 Å². The van der Waals surface area contributed by atoms with Gasteiger partial charge < -0.3 is 14.5 Å². The number of carbonyl (C=O) groups excluding carboxylic acids is 1. The summed E-state index contributed by atoms with van der Waals surface area (Å²) in [6.45, 7) is 5.67. The van der Waals surface area contributed by atoms with Gasteiger partial charge >= 0.3 is 0 Å². The third-order valence-corrected chi connectivity index (χ3v) is 5.91. The molecule has 4 aromatic rings. The normalized spacial score (nSPS) is 11.8. The van der Waals surface area contributed by atoms with Crippen molar-refractivity contribution in [2.45, 2.75) is 26.9 Å². The van der Waals surface area contributed by atoms with E-state index in [0.717, 1.165) is 27.8 Å². The monoisotopic (exact) mass is 513 g/mol. The molecular weight excluding hydrogens is 493 g/mol. The number of halogens is 2. The van der Waals surface area contributed by atoms with Crippen LogP contribution >= 0.6 is 35.4 Å².